The first kappa shape index (κ1) is 20.0. The molecule has 146 valence electrons. The van der Waals surface area contributed by atoms with Crippen molar-refractivity contribution in [1.29, 1.82) is 0 Å². The number of aryl methyl sites for hydroxylation is 1. The summed E-state index contributed by atoms with van der Waals surface area (Å²) in [5.74, 6) is -0.921. The van der Waals surface area contributed by atoms with Crippen molar-refractivity contribution in [3.05, 3.63) is 93.3 Å². The summed E-state index contributed by atoms with van der Waals surface area (Å²) in [6, 6.07) is 17.4. The number of hydrogen-bond donors (Lipinski definition) is 3. The van der Waals surface area contributed by atoms with Crippen LogP contribution in [0.5, 0.6) is 5.75 Å². The Morgan fingerprint density at radius 2 is 1.86 bits per heavy atom. The number of phenols is 1. The van der Waals surface area contributed by atoms with Gasteiger partial charge in [-0.2, -0.15) is 5.10 Å². The lowest BCUT2D eigenvalue weighted by atomic mass is 10.1. The van der Waals surface area contributed by atoms with Gasteiger partial charge in [-0.25, -0.2) is 5.43 Å². The second-order valence-electron chi connectivity index (χ2n) is 6.15. The SMILES string of the molecule is Cc1ccc(O)c(/C=N/NC(=O)C(=Cc2cccs2)NC(=O)c2ccccc2)c1. The van der Waals surface area contributed by atoms with Crippen LogP contribution in [0.25, 0.3) is 6.08 Å². The summed E-state index contributed by atoms with van der Waals surface area (Å²) in [6.45, 7) is 1.89. The Kier molecular flexibility index (Phi) is 6.55. The van der Waals surface area contributed by atoms with Crippen LogP contribution >= 0.6 is 11.3 Å². The van der Waals surface area contributed by atoms with E-state index in [2.05, 4.69) is 15.8 Å². The van der Waals surface area contributed by atoms with Crippen molar-refractivity contribution in [2.45, 2.75) is 6.92 Å². The van der Waals surface area contributed by atoms with E-state index < -0.39 is 11.8 Å². The summed E-state index contributed by atoms with van der Waals surface area (Å²) in [6.07, 6.45) is 2.93. The Morgan fingerprint density at radius 1 is 1.07 bits per heavy atom. The molecule has 0 fully saturated rings. The van der Waals surface area contributed by atoms with Gasteiger partial charge < -0.3 is 10.4 Å². The lowest BCUT2D eigenvalue weighted by Crippen LogP contribution is -2.32. The second kappa shape index (κ2) is 9.48. The van der Waals surface area contributed by atoms with Gasteiger partial charge in [-0.3, -0.25) is 9.59 Å². The fraction of sp³-hybridized carbons (Fsp3) is 0.0455. The highest BCUT2D eigenvalue weighted by Crippen LogP contribution is 2.16. The van der Waals surface area contributed by atoms with Crippen molar-refractivity contribution in [2.75, 3.05) is 0 Å². The summed E-state index contributed by atoms with van der Waals surface area (Å²) in [4.78, 5) is 25.9. The maximum atomic E-state index is 12.6. The van der Waals surface area contributed by atoms with Gasteiger partial charge in [-0.15, -0.1) is 11.3 Å². The Bertz CT molecular complexity index is 1060. The van der Waals surface area contributed by atoms with Gasteiger partial charge in [-0.1, -0.05) is 35.9 Å². The average molecular weight is 405 g/mol. The van der Waals surface area contributed by atoms with Crippen molar-refractivity contribution in [1.82, 2.24) is 10.7 Å². The van der Waals surface area contributed by atoms with Gasteiger partial charge in [0.25, 0.3) is 11.8 Å². The zero-order valence-electron chi connectivity index (χ0n) is 15.6. The lowest BCUT2D eigenvalue weighted by Gasteiger charge is -2.08. The normalized spacial score (nSPS) is 11.4. The van der Waals surface area contributed by atoms with E-state index in [9.17, 15) is 14.7 Å². The van der Waals surface area contributed by atoms with Crippen molar-refractivity contribution in [3.63, 3.8) is 0 Å². The molecule has 1 heterocycles. The van der Waals surface area contributed by atoms with Gasteiger partial charge in [0.2, 0.25) is 0 Å². The van der Waals surface area contributed by atoms with E-state index in [1.54, 1.807) is 54.6 Å². The summed E-state index contributed by atoms with van der Waals surface area (Å²) in [5.41, 5.74) is 4.31. The number of benzene rings is 2. The monoisotopic (exact) mass is 405 g/mol. The van der Waals surface area contributed by atoms with E-state index in [-0.39, 0.29) is 11.4 Å². The van der Waals surface area contributed by atoms with E-state index in [1.165, 1.54) is 17.6 Å². The van der Waals surface area contributed by atoms with Crippen LogP contribution in [-0.4, -0.2) is 23.1 Å². The van der Waals surface area contributed by atoms with Crippen LogP contribution in [0, 0.1) is 6.92 Å². The third-order valence-corrected chi connectivity index (χ3v) is 4.73. The molecule has 7 heteroatoms. The maximum Gasteiger partial charge on any atom is 0.287 e. The summed E-state index contributed by atoms with van der Waals surface area (Å²) >= 11 is 1.44. The van der Waals surface area contributed by atoms with Crippen LogP contribution in [0.3, 0.4) is 0 Å². The van der Waals surface area contributed by atoms with Gasteiger partial charge in [-0.05, 0) is 48.7 Å². The zero-order chi connectivity index (χ0) is 20.6. The molecule has 1 aromatic heterocycles. The van der Waals surface area contributed by atoms with Gasteiger partial charge >= 0.3 is 0 Å². The molecule has 0 aliphatic heterocycles. The van der Waals surface area contributed by atoms with Gasteiger partial charge in [0.15, 0.2) is 0 Å². The van der Waals surface area contributed by atoms with E-state index in [4.69, 9.17) is 0 Å². The quantitative estimate of drug-likeness (QED) is 0.332. The first-order valence-corrected chi connectivity index (χ1v) is 9.65. The number of hydrazone groups is 1. The standard InChI is InChI=1S/C22H19N3O3S/c1-15-9-10-20(26)17(12-15)14-23-25-22(28)19(13-18-8-5-11-29-18)24-21(27)16-6-3-2-4-7-16/h2-14,26H,1H3,(H,24,27)(H,25,28)/b19-13?,23-14+. The molecule has 0 spiro atoms. The van der Waals surface area contributed by atoms with Crippen molar-refractivity contribution >= 4 is 35.4 Å². The minimum absolute atomic E-state index is 0.0559. The molecular weight excluding hydrogens is 386 g/mol. The first-order valence-electron chi connectivity index (χ1n) is 8.77. The van der Waals surface area contributed by atoms with Crippen LogP contribution in [0.1, 0.15) is 26.4 Å². The number of hydrogen-bond acceptors (Lipinski definition) is 5. The number of carbonyl (C=O) groups excluding carboxylic acids is 2. The van der Waals surface area contributed by atoms with Gasteiger partial charge in [0.05, 0.1) is 6.21 Å². The number of nitrogens with zero attached hydrogens (tertiary/aromatic N) is 1. The third kappa shape index (κ3) is 5.63. The number of nitrogens with one attached hydrogen (secondary N) is 2. The van der Waals surface area contributed by atoms with Crippen LogP contribution in [0.2, 0.25) is 0 Å². The van der Waals surface area contributed by atoms with Crippen LogP contribution < -0.4 is 10.7 Å². The minimum Gasteiger partial charge on any atom is -0.507 e. The van der Waals surface area contributed by atoms with Crippen LogP contribution in [0.15, 0.2) is 76.8 Å². The van der Waals surface area contributed by atoms with Crippen molar-refractivity contribution in [2.24, 2.45) is 5.10 Å². The number of amides is 2. The zero-order valence-corrected chi connectivity index (χ0v) is 16.4. The van der Waals surface area contributed by atoms with Gasteiger partial charge in [0, 0.05) is 16.0 Å². The van der Waals surface area contributed by atoms with Gasteiger partial charge in [0.1, 0.15) is 11.4 Å². The first-order chi connectivity index (χ1) is 14.0. The Balaban J connectivity index is 1.77. The largest absolute Gasteiger partial charge is 0.507 e. The van der Waals surface area contributed by atoms with Crippen molar-refractivity contribution in [3.8, 4) is 5.75 Å². The van der Waals surface area contributed by atoms with E-state index in [0.29, 0.717) is 11.1 Å². The number of carbonyl (C=O) groups is 2. The average Bonchev–Trinajstić information content (AvgIpc) is 3.23. The predicted molar refractivity (Wildman–Crippen MR) is 115 cm³/mol. The summed E-state index contributed by atoms with van der Waals surface area (Å²) in [5, 5.41) is 18.3. The minimum atomic E-state index is -0.578. The molecule has 0 bridgehead atoms. The summed E-state index contributed by atoms with van der Waals surface area (Å²) in [7, 11) is 0. The number of rotatable bonds is 6. The Labute approximate surface area is 172 Å². The molecule has 3 aromatic rings. The molecule has 6 nitrogen and oxygen atoms in total. The van der Waals surface area contributed by atoms with E-state index >= 15 is 0 Å². The van der Waals surface area contributed by atoms with Crippen molar-refractivity contribution < 1.29 is 14.7 Å². The van der Waals surface area contributed by atoms with Crippen LogP contribution in [0.4, 0.5) is 0 Å². The fourth-order valence-electron chi connectivity index (χ4n) is 2.46. The topological polar surface area (TPSA) is 90.8 Å². The lowest BCUT2D eigenvalue weighted by molar-refractivity contribution is -0.117. The molecule has 0 saturated carbocycles. The number of phenolic OH excluding ortho intramolecular Hbond substituents is 1. The second-order valence-corrected chi connectivity index (χ2v) is 7.13. The molecule has 3 rings (SSSR count). The molecule has 0 aliphatic carbocycles. The molecule has 0 atom stereocenters. The highest BCUT2D eigenvalue weighted by atomic mass is 32.1. The fourth-order valence-corrected chi connectivity index (χ4v) is 3.11. The molecule has 2 aromatic carbocycles. The molecule has 3 N–H and O–H groups in total. The molecule has 0 aliphatic rings. The Hall–Kier alpha value is -3.71. The van der Waals surface area contributed by atoms with E-state index in [1.807, 2.05) is 24.4 Å². The molecule has 29 heavy (non-hydrogen) atoms. The number of aromatic hydroxyl groups is 1. The molecular formula is C22H19N3O3S. The molecule has 0 unspecified atom stereocenters. The third-order valence-electron chi connectivity index (χ3n) is 3.91. The Morgan fingerprint density at radius 3 is 2.59 bits per heavy atom. The highest BCUT2D eigenvalue weighted by molar-refractivity contribution is 7.10. The predicted octanol–water partition coefficient (Wildman–Crippen LogP) is 3.68. The molecule has 0 radical (unpaired) electrons. The highest BCUT2D eigenvalue weighted by Gasteiger charge is 2.14. The summed E-state index contributed by atoms with van der Waals surface area (Å²) < 4.78 is 0. The number of thiophene rings is 1. The maximum absolute atomic E-state index is 12.6. The smallest absolute Gasteiger partial charge is 0.287 e. The van der Waals surface area contributed by atoms with Crippen LogP contribution in [-0.2, 0) is 4.79 Å². The molecule has 0 saturated heterocycles. The molecule has 2 amide bonds. The van der Waals surface area contributed by atoms with E-state index in [0.717, 1.165) is 10.4 Å².